The molecule has 292 valence electrons. The summed E-state index contributed by atoms with van der Waals surface area (Å²) in [5.74, 6) is 0.463. The normalized spacial score (nSPS) is 26.6. The number of carboxylic acids is 1. The van der Waals surface area contributed by atoms with Crippen LogP contribution < -0.4 is 11.5 Å². The number of aliphatic imine (C=N–C) groups is 2. The smallest absolute Gasteiger partial charge is 0.322 e. The summed E-state index contributed by atoms with van der Waals surface area (Å²) in [6, 6.07) is -1.29. The first kappa shape index (κ1) is 47.1. The fourth-order valence-corrected chi connectivity index (χ4v) is 6.72. The van der Waals surface area contributed by atoms with E-state index < -0.39 is 18.1 Å². The van der Waals surface area contributed by atoms with Crippen LogP contribution in [0.4, 0.5) is 0 Å². The second-order valence-electron chi connectivity index (χ2n) is 12.7. The number of ether oxygens (including phenoxy) is 7. The molecule has 0 spiro atoms. The fraction of sp³-hybridized carbons (Fsp3) is 0.882. The molecule has 0 bridgehead atoms. The summed E-state index contributed by atoms with van der Waals surface area (Å²) < 4.78 is 38.2. The lowest BCUT2D eigenvalue weighted by Gasteiger charge is -2.22. The van der Waals surface area contributed by atoms with E-state index in [1.165, 1.54) is 32.8 Å². The van der Waals surface area contributed by atoms with Crippen molar-refractivity contribution < 1.29 is 47.9 Å². The van der Waals surface area contributed by atoms with Gasteiger partial charge in [0.05, 0.1) is 45.7 Å². The minimum atomic E-state index is -0.944. The minimum Gasteiger partial charge on any atom is -0.483 e. The SMILES string of the molecule is COC(=O)[C@@H](N)CC1CCCO1.COC1=N[C@H](C(C)C)C(OC)=NC1.IC[C@@H]1CCCO1.IC[C@H]1CCCO1.N[C@@H](CC1CCCO1)C(=O)O. The maximum absolute atomic E-state index is 10.9. The van der Waals surface area contributed by atoms with Crippen LogP contribution in [0.5, 0.6) is 0 Å². The van der Waals surface area contributed by atoms with Gasteiger partial charge in [-0.2, -0.15) is 0 Å². The first-order chi connectivity index (χ1) is 24.0. The van der Waals surface area contributed by atoms with Gasteiger partial charge >= 0.3 is 11.9 Å². The molecule has 0 saturated carbocycles. The molecule has 7 atom stereocenters. The topological polar surface area (TPSA) is 196 Å². The van der Waals surface area contributed by atoms with Crippen LogP contribution in [0.15, 0.2) is 9.98 Å². The van der Waals surface area contributed by atoms with Crippen LogP contribution in [-0.2, 0) is 42.7 Å². The van der Waals surface area contributed by atoms with Crippen LogP contribution in [0.3, 0.4) is 0 Å². The van der Waals surface area contributed by atoms with Gasteiger partial charge in [-0.25, -0.2) is 9.98 Å². The molecule has 0 aromatic heterocycles. The monoisotopic (exact) mass is 940 g/mol. The molecule has 50 heavy (non-hydrogen) atoms. The number of carboxylic acid groups (broad SMARTS) is 1. The van der Waals surface area contributed by atoms with E-state index in [9.17, 15) is 9.59 Å². The third-order valence-corrected chi connectivity index (χ3v) is 10.2. The zero-order chi connectivity index (χ0) is 37.3. The van der Waals surface area contributed by atoms with Gasteiger partial charge in [-0.3, -0.25) is 9.59 Å². The summed E-state index contributed by atoms with van der Waals surface area (Å²) in [5, 5.41) is 8.46. The molecule has 5 aliphatic heterocycles. The molecule has 2 unspecified atom stereocenters. The molecule has 0 aliphatic carbocycles. The molecular formula is C34H62I2N4O10. The highest BCUT2D eigenvalue weighted by atomic mass is 127. The van der Waals surface area contributed by atoms with E-state index in [1.807, 2.05) is 0 Å². The second kappa shape index (κ2) is 28.6. The first-order valence-electron chi connectivity index (χ1n) is 17.6. The molecule has 5 aliphatic rings. The van der Waals surface area contributed by atoms with E-state index in [-0.39, 0.29) is 24.2 Å². The Hall–Kier alpha value is -0.900. The molecule has 16 heteroatoms. The van der Waals surface area contributed by atoms with E-state index in [0.717, 1.165) is 61.0 Å². The Morgan fingerprint density at radius 3 is 1.52 bits per heavy atom. The van der Waals surface area contributed by atoms with Crippen molar-refractivity contribution in [1.82, 2.24) is 0 Å². The van der Waals surface area contributed by atoms with Crippen LogP contribution in [-0.4, -0.2) is 135 Å². The number of carbonyl (C=O) groups excluding carboxylic acids is 1. The van der Waals surface area contributed by atoms with Crippen LogP contribution in [0.1, 0.15) is 78.1 Å². The third-order valence-electron chi connectivity index (χ3n) is 8.28. The quantitative estimate of drug-likeness (QED) is 0.169. The van der Waals surface area contributed by atoms with Gasteiger partial charge in [0.15, 0.2) is 0 Å². The van der Waals surface area contributed by atoms with Crippen LogP contribution >= 0.6 is 45.2 Å². The Bertz CT molecular complexity index is 954. The molecule has 4 saturated heterocycles. The number of nitrogens with two attached hydrogens (primary N) is 2. The lowest BCUT2D eigenvalue weighted by Crippen LogP contribution is -2.34. The van der Waals surface area contributed by atoms with Crippen molar-refractivity contribution in [2.45, 2.75) is 121 Å². The number of esters is 1. The van der Waals surface area contributed by atoms with E-state index in [4.69, 9.17) is 45.0 Å². The minimum absolute atomic E-state index is 0.00806. The highest BCUT2D eigenvalue weighted by Crippen LogP contribution is 2.18. The van der Waals surface area contributed by atoms with Crippen molar-refractivity contribution in [3.8, 4) is 0 Å². The number of rotatable bonds is 9. The number of aliphatic carboxylic acids is 1. The molecule has 5 N–H and O–H groups in total. The fourth-order valence-electron chi connectivity index (χ4n) is 5.33. The predicted octanol–water partition coefficient (Wildman–Crippen LogP) is 4.34. The number of methoxy groups -OCH3 is 3. The molecule has 0 aromatic carbocycles. The lowest BCUT2D eigenvalue weighted by molar-refractivity contribution is -0.143. The Labute approximate surface area is 326 Å². The average Bonchev–Trinajstić information content (AvgIpc) is 3.98. The van der Waals surface area contributed by atoms with Crippen LogP contribution in [0, 0.1) is 5.92 Å². The number of alkyl halides is 2. The van der Waals surface area contributed by atoms with Gasteiger partial charge < -0.3 is 49.7 Å². The average molecular weight is 941 g/mol. The predicted molar refractivity (Wildman–Crippen MR) is 211 cm³/mol. The van der Waals surface area contributed by atoms with Crippen molar-refractivity contribution in [3.63, 3.8) is 0 Å². The Balaban J connectivity index is 0.000000319. The van der Waals surface area contributed by atoms with Gasteiger partial charge in [0, 0.05) is 35.3 Å². The largest absolute Gasteiger partial charge is 0.483 e. The number of hydrogen-bond acceptors (Lipinski definition) is 13. The summed E-state index contributed by atoms with van der Waals surface area (Å²) in [4.78, 5) is 29.8. The summed E-state index contributed by atoms with van der Waals surface area (Å²) in [6.07, 6.45) is 11.6. The molecule has 0 radical (unpaired) electrons. The second-order valence-corrected chi connectivity index (χ2v) is 14.4. The van der Waals surface area contributed by atoms with Crippen molar-refractivity contribution in [2.24, 2.45) is 27.4 Å². The number of halogens is 2. The number of nitrogens with zero attached hydrogens (tertiary/aromatic N) is 2. The summed E-state index contributed by atoms with van der Waals surface area (Å²) >= 11 is 4.73. The Morgan fingerprint density at radius 2 is 1.22 bits per heavy atom. The van der Waals surface area contributed by atoms with Crippen LogP contribution in [0.25, 0.3) is 0 Å². The van der Waals surface area contributed by atoms with E-state index >= 15 is 0 Å². The molecule has 5 rings (SSSR count). The standard InChI is InChI=1S/C9H16N2O2.C8H15NO3.C7H13NO3.2C5H9IO/c1-6(2)8-9(13-4)10-5-7(11-8)12-3;1-11-8(10)7(9)5-6-3-2-4-12-6;8-6(7(9)10)4-5-2-1-3-11-5;2*6-4-5-2-1-3-7-5/h6,8H,5H2,1-4H3;6-7H,2-5,9H2,1H3;5-6H,1-4,8H2,(H,9,10);2*5H,1-4H2/t8-;6?,7-;5?,6-;2*5-/m10010/s1. The van der Waals surface area contributed by atoms with Crippen LogP contribution in [0.2, 0.25) is 0 Å². The summed E-state index contributed by atoms with van der Waals surface area (Å²) in [7, 11) is 4.59. The van der Waals surface area contributed by atoms with Crippen molar-refractivity contribution >= 4 is 68.9 Å². The zero-order valence-corrected chi connectivity index (χ0v) is 34.9. The zero-order valence-electron chi connectivity index (χ0n) is 30.6. The van der Waals surface area contributed by atoms with Crippen molar-refractivity contribution in [3.05, 3.63) is 0 Å². The van der Waals surface area contributed by atoms with Gasteiger partial charge in [-0.1, -0.05) is 59.0 Å². The first-order valence-corrected chi connectivity index (χ1v) is 20.6. The summed E-state index contributed by atoms with van der Waals surface area (Å²) in [5.41, 5.74) is 10.9. The Kier molecular flexibility index (Phi) is 26.9. The molecule has 0 aromatic rings. The van der Waals surface area contributed by atoms with Gasteiger partial charge in [-0.15, -0.1) is 0 Å². The maximum atomic E-state index is 10.9. The molecular weight excluding hydrogens is 878 g/mol. The van der Waals surface area contributed by atoms with Gasteiger partial charge in [0.2, 0.25) is 11.8 Å². The number of hydrogen-bond donors (Lipinski definition) is 3. The van der Waals surface area contributed by atoms with Gasteiger partial charge in [-0.05, 0) is 70.1 Å². The highest BCUT2D eigenvalue weighted by Gasteiger charge is 2.25. The molecule has 0 amide bonds. The lowest BCUT2D eigenvalue weighted by atomic mass is 10.0. The van der Waals surface area contributed by atoms with E-state index in [0.29, 0.717) is 49.3 Å². The highest BCUT2D eigenvalue weighted by molar-refractivity contribution is 14.1. The summed E-state index contributed by atoms with van der Waals surface area (Å²) in [6.45, 7) is 8.18. The Morgan fingerprint density at radius 1 is 0.780 bits per heavy atom. The van der Waals surface area contributed by atoms with E-state index in [2.05, 4.69) is 73.8 Å². The van der Waals surface area contributed by atoms with Crippen molar-refractivity contribution in [2.75, 3.05) is 63.2 Å². The van der Waals surface area contributed by atoms with Gasteiger partial charge in [0.1, 0.15) is 24.7 Å². The number of carbonyl (C=O) groups is 2. The molecule has 5 heterocycles. The van der Waals surface area contributed by atoms with E-state index in [1.54, 1.807) is 14.2 Å². The van der Waals surface area contributed by atoms with Crippen molar-refractivity contribution in [1.29, 1.82) is 0 Å². The third kappa shape index (κ3) is 20.4. The maximum Gasteiger partial charge on any atom is 0.322 e. The molecule has 4 fully saturated rings. The molecule has 14 nitrogen and oxygen atoms in total. The van der Waals surface area contributed by atoms with Gasteiger partial charge in [0.25, 0.3) is 0 Å².